The molecule has 1 aromatic rings. The number of halogens is 1. The first kappa shape index (κ1) is 43.4. The second-order valence-corrected chi connectivity index (χ2v) is 22.5. The third kappa shape index (κ3) is 7.24. The molecule has 6 rings (SSSR count). The fourth-order valence-corrected chi connectivity index (χ4v) is 13.6. The van der Waals surface area contributed by atoms with E-state index in [1.807, 2.05) is 45.0 Å². The summed E-state index contributed by atoms with van der Waals surface area (Å²) >= 11 is 6.12. The van der Waals surface area contributed by atoms with Crippen molar-refractivity contribution < 1.29 is 29.0 Å². The van der Waals surface area contributed by atoms with Crippen LogP contribution in [0.1, 0.15) is 153 Å². The molecule has 4 saturated carbocycles. The highest BCUT2D eigenvalue weighted by atomic mass is 35.5. The number of nitrogens with one attached hydrogen (secondary N) is 1. The van der Waals surface area contributed by atoms with E-state index in [0.29, 0.717) is 36.4 Å². The number of carbonyl (C=O) groups excluding carboxylic acids is 3. The number of fused-ring (bicyclic) bond motifs is 7. The number of ketones is 1. The summed E-state index contributed by atoms with van der Waals surface area (Å²) in [6.07, 6.45) is 7.45. The van der Waals surface area contributed by atoms with Crippen molar-refractivity contribution in [3.8, 4) is 0 Å². The number of aliphatic hydroxyl groups excluding tert-OH is 1. The van der Waals surface area contributed by atoms with Crippen LogP contribution in [0.3, 0.4) is 0 Å². The number of allylic oxidation sites excluding steroid dienone is 1. The number of rotatable bonds is 10. The average molecular weight is 795 g/mol. The van der Waals surface area contributed by atoms with Crippen molar-refractivity contribution in [2.75, 3.05) is 6.54 Å². The lowest BCUT2D eigenvalue weighted by atomic mass is 9.33. The van der Waals surface area contributed by atoms with Gasteiger partial charge in [-0.3, -0.25) is 14.4 Å². The molecule has 312 valence electrons. The van der Waals surface area contributed by atoms with Gasteiger partial charge in [0.2, 0.25) is 0 Å². The monoisotopic (exact) mass is 794 g/mol. The molecular weight excluding hydrogens is 722 g/mol. The van der Waals surface area contributed by atoms with Crippen LogP contribution in [0.15, 0.2) is 35.4 Å². The highest BCUT2D eigenvalue weighted by Gasteiger charge is 2.70. The van der Waals surface area contributed by atoms with Crippen LogP contribution < -0.4 is 5.32 Å². The second kappa shape index (κ2) is 14.8. The summed E-state index contributed by atoms with van der Waals surface area (Å²) in [6, 6.07) is 7.81. The fourth-order valence-electron chi connectivity index (χ4n) is 13.5. The first-order chi connectivity index (χ1) is 25.8. The quantitative estimate of drug-likeness (QED) is 0.227. The van der Waals surface area contributed by atoms with Crippen LogP contribution in [-0.2, 0) is 30.4 Å². The Morgan fingerprint density at radius 3 is 2.18 bits per heavy atom. The zero-order chi connectivity index (χ0) is 41.4. The molecule has 56 heavy (non-hydrogen) atoms. The van der Waals surface area contributed by atoms with E-state index in [1.54, 1.807) is 13.8 Å². The molecule has 0 aliphatic heterocycles. The zero-order valence-corrected chi connectivity index (χ0v) is 37.4. The first-order valence-corrected chi connectivity index (χ1v) is 22.0. The molecular formula is C48H72ClNO6. The molecule has 5 aliphatic rings. The predicted molar refractivity (Wildman–Crippen MR) is 223 cm³/mol. The summed E-state index contributed by atoms with van der Waals surface area (Å²) in [5.74, 6) is 0.776. The van der Waals surface area contributed by atoms with Crippen molar-refractivity contribution in [1.29, 1.82) is 0 Å². The second-order valence-electron chi connectivity index (χ2n) is 22.0. The van der Waals surface area contributed by atoms with Crippen molar-refractivity contribution >= 4 is 29.3 Å². The summed E-state index contributed by atoms with van der Waals surface area (Å²) in [5, 5.41) is 16.4. The number of ether oxygens (including phenoxy) is 2. The Morgan fingerprint density at radius 2 is 1.55 bits per heavy atom. The molecule has 4 fully saturated rings. The summed E-state index contributed by atoms with van der Waals surface area (Å²) in [4.78, 5) is 40.6. The Bertz CT molecular complexity index is 1720. The van der Waals surface area contributed by atoms with Crippen molar-refractivity contribution in [1.82, 2.24) is 5.32 Å². The molecule has 8 heteroatoms. The summed E-state index contributed by atoms with van der Waals surface area (Å²) in [6.45, 7) is 26.7. The van der Waals surface area contributed by atoms with Gasteiger partial charge in [0.05, 0.1) is 17.9 Å². The van der Waals surface area contributed by atoms with Crippen LogP contribution in [0, 0.1) is 56.2 Å². The van der Waals surface area contributed by atoms with Gasteiger partial charge in [0.1, 0.15) is 11.7 Å². The minimum atomic E-state index is -0.977. The Kier molecular flexibility index (Phi) is 11.5. The van der Waals surface area contributed by atoms with Crippen molar-refractivity contribution in [3.63, 3.8) is 0 Å². The summed E-state index contributed by atoms with van der Waals surface area (Å²) in [7, 11) is 0. The standard InChI is InChI=1S/C48H72ClNO6/c1-29(2)39-33(51)25-48(36(52)28-50-27-30-13-15-31(49)16-14-30)24-23-46(11)32(40(39)48)17-18-35-45(10)21-20-37(44(8,9)34(45)19-22-47(35,46)12)55-38(53)26-43(6,7)41(54)56-42(3,4)5/h13-16,29,32,34-37,50,52H,17-28H2,1-12H3/t32-,34-,35-,36+,37+,45+,46-,47-,48+/m1/s1. The number of aliphatic hydroxyl groups is 1. The Morgan fingerprint density at radius 1 is 0.893 bits per heavy atom. The maximum atomic E-state index is 14.1. The van der Waals surface area contributed by atoms with Gasteiger partial charge < -0.3 is 19.9 Å². The summed E-state index contributed by atoms with van der Waals surface area (Å²) < 4.78 is 12.0. The lowest BCUT2D eigenvalue weighted by Crippen LogP contribution is -2.66. The van der Waals surface area contributed by atoms with Crippen molar-refractivity contribution in [2.24, 2.45) is 56.2 Å². The number of carbonyl (C=O) groups is 3. The number of esters is 2. The molecule has 1 aromatic carbocycles. The van der Waals surface area contributed by atoms with E-state index in [2.05, 4.69) is 53.8 Å². The highest BCUT2D eigenvalue weighted by molar-refractivity contribution is 6.30. The SMILES string of the molecule is CC(C)C1=C2[C@H]3CC[C@@H]4[C@@]5(C)CC[C@H](OC(=O)CC(C)(C)C(=O)OC(C)(C)C)C(C)(C)[C@H]5CC[C@@]4(C)[C@]3(C)CC[C@@]2([C@@H](O)CNCc2ccc(Cl)cc2)CC1=O. The van der Waals surface area contributed by atoms with Gasteiger partial charge in [-0.25, -0.2) is 0 Å². The van der Waals surface area contributed by atoms with E-state index in [1.165, 1.54) is 5.57 Å². The molecule has 2 N–H and O–H groups in total. The smallest absolute Gasteiger partial charge is 0.312 e. The molecule has 0 bridgehead atoms. The Balaban J connectivity index is 1.22. The first-order valence-electron chi connectivity index (χ1n) is 21.7. The van der Waals surface area contributed by atoms with Gasteiger partial charge in [0, 0.05) is 35.4 Å². The molecule has 0 heterocycles. The van der Waals surface area contributed by atoms with E-state index in [9.17, 15) is 19.5 Å². The van der Waals surface area contributed by atoms with Crippen molar-refractivity contribution in [3.05, 3.63) is 46.0 Å². The van der Waals surface area contributed by atoms with Gasteiger partial charge in [-0.15, -0.1) is 0 Å². The van der Waals surface area contributed by atoms with Gasteiger partial charge in [-0.05, 0) is 149 Å². The summed E-state index contributed by atoms with van der Waals surface area (Å²) in [5.41, 5.74) is 1.17. The molecule has 0 unspecified atom stereocenters. The van der Waals surface area contributed by atoms with E-state index >= 15 is 0 Å². The molecule has 0 amide bonds. The maximum absolute atomic E-state index is 14.1. The van der Waals surface area contributed by atoms with Crippen molar-refractivity contribution in [2.45, 2.75) is 172 Å². The number of hydrogen-bond acceptors (Lipinski definition) is 7. The van der Waals surface area contributed by atoms with Crippen LogP contribution in [0.4, 0.5) is 0 Å². The van der Waals surface area contributed by atoms with E-state index in [-0.39, 0.29) is 63.7 Å². The van der Waals surface area contributed by atoms with Crippen LogP contribution in [0.25, 0.3) is 0 Å². The van der Waals surface area contributed by atoms with Gasteiger partial charge in [-0.2, -0.15) is 0 Å². The average Bonchev–Trinajstić information content (AvgIpc) is 3.39. The molecule has 7 nitrogen and oxygen atoms in total. The zero-order valence-electron chi connectivity index (χ0n) is 36.6. The van der Waals surface area contributed by atoms with Crippen LogP contribution >= 0.6 is 11.6 Å². The minimum absolute atomic E-state index is 0.00928. The number of hydrogen-bond donors (Lipinski definition) is 2. The van der Waals surface area contributed by atoms with E-state index in [4.69, 9.17) is 21.1 Å². The third-order valence-electron chi connectivity index (χ3n) is 16.5. The molecule has 5 aliphatic carbocycles. The third-order valence-corrected chi connectivity index (χ3v) is 16.7. The Labute approximate surface area is 342 Å². The van der Waals surface area contributed by atoms with E-state index in [0.717, 1.165) is 62.5 Å². The number of benzene rings is 1. The topological polar surface area (TPSA) is 102 Å². The molecule has 0 radical (unpaired) electrons. The normalized spacial score (nSPS) is 35.9. The van der Waals surface area contributed by atoms with E-state index < -0.39 is 22.5 Å². The van der Waals surface area contributed by atoms with Gasteiger partial charge in [0.15, 0.2) is 5.78 Å². The lowest BCUT2D eigenvalue weighted by molar-refractivity contribution is -0.235. The van der Waals surface area contributed by atoms with Gasteiger partial charge in [-0.1, -0.05) is 77.8 Å². The lowest BCUT2D eigenvalue weighted by Gasteiger charge is -2.72. The minimum Gasteiger partial charge on any atom is -0.462 e. The van der Waals surface area contributed by atoms with Gasteiger partial charge >= 0.3 is 11.9 Å². The molecule has 0 saturated heterocycles. The highest BCUT2D eigenvalue weighted by Crippen LogP contribution is 2.77. The van der Waals surface area contributed by atoms with Crippen LogP contribution in [0.5, 0.6) is 0 Å². The number of Topliss-reactive ketones (excluding diaryl/α,β-unsaturated/α-hetero) is 1. The molecule has 9 atom stereocenters. The van der Waals surface area contributed by atoms with Gasteiger partial charge in [0.25, 0.3) is 0 Å². The largest absolute Gasteiger partial charge is 0.462 e. The predicted octanol–water partition coefficient (Wildman–Crippen LogP) is 10.4. The Hall–Kier alpha value is -2.22. The molecule has 0 spiro atoms. The fraction of sp³-hybridized carbons (Fsp3) is 0.771. The van der Waals surface area contributed by atoms with Crippen LogP contribution in [-0.4, -0.2) is 47.2 Å². The van der Waals surface area contributed by atoms with Crippen LogP contribution in [0.2, 0.25) is 5.02 Å². The molecule has 0 aromatic heterocycles. The maximum Gasteiger partial charge on any atom is 0.312 e.